The highest BCUT2D eigenvalue weighted by molar-refractivity contribution is 9.10. The third kappa shape index (κ3) is 4.15. The maximum atomic E-state index is 13.8. The summed E-state index contributed by atoms with van der Waals surface area (Å²) < 4.78 is 16.5. The second kappa shape index (κ2) is 6.06. The lowest BCUT2D eigenvalue weighted by Gasteiger charge is -2.20. The summed E-state index contributed by atoms with van der Waals surface area (Å²) in [6.07, 6.45) is 1.75. The van der Waals surface area contributed by atoms with Crippen LogP contribution in [0.4, 0.5) is 4.39 Å². The molecule has 108 valence electrons. The lowest BCUT2D eigenvalue weighted by Crippen LogP contribution is -2.35. The Bertz CT molecular complexity index is 587. The van der Waals surface area contributed by atoms with Crippen LogP contribution in [-0.2, 0) is 13.1 Å². The first-order valence-electron chi connectivity index (χ1n) is 6.55. The van der Waals surface area contributed by atoms with Crippen molar-refractivity contribution in [2.75, 3.05) is 0 Å². The summed E-state index contributed by atoms with van der Waals surface area (Å²) in [5, 5.41) is 7.69. The van der Waals surface area contributed by atoms with E-state index in [1.54, 1.807) is 18.3 Å². The van der Waals surface area contributed by atoms with Gasteiger partial charge in [-0.05, 0) is 45.0 Å². The van der Waals surface area contributed by atoms with E-state index in [9.17, 15) is 4.39 Å². The summed E-state index contributed by atoms with van der Waals surface area (Å²) in [4.78, 5) is 0. The van der Waals surface area contributed by atoms with Gasteiger partial charge >= 0.3 is 0 Å². The molecule has 5 heteroatoms. The van der Waals surface area contributed by atoms with Gasteiger partial charge in [0.25, 0.3) is 0 Å². The number of aromatic nitrogens is 2. The van der Waals surface area contributed by atoms with Gasteiger partial charge in [-0.25, -0.2) is 4.39 Å². The van der Waals surface area contributed by atoms with E-state index in [0.29, 0.717) is 18.7 Å². The first kappa shape index (κ1) is 15.2. The fourth-order valence-electron chi connectivity index (χ4n) is 1.83. The Hall–Kier alpha value is -1.20. The van der Waals surface area contributed by atoms with Crippen LogP contribution in [0.3, 0.4) is 0 Å². The lowest BCUT2D eigenvalue weighted by molar-refractivity contribution is 0.413. The van der Waals surface area contributed by atoms with Crippen molar-refractivity contribution in [3.05, 3.63) is 52.0 Å². The molecule has 1 heterocycles. The second-order valence-electron chi connectivity index (χ2n) is 5.82. The Balaban J connectivity index is 2.14. The molecule has 1 N–H and O–H groups in total. The van der Waals surface area contributed by atoms with Crippen LogP contribution in [0.2, 0.25) is 0 Å². The van der Waals surface area contributed by atoms with E-state index in [1.807, 2.05) is 10.7 Å². The topological polar surface area (TPSA) is 29.9 Å². The van der Waals surface area contributed by atoms with E-state index in [1.165, 1.54) is 6.07 Å². The zero-order valence-electron chi connectivity index (χ0n) is 12.0. The van der Waals surface area contributed by atoms with E-state index >= 15 is 0 Å². The smallest absolute Gasteiger partial charge is 0.128 e. The van der Waals surface area contributed by atoms with Gasteiger partial charge in [0.15, 0.2) is 0 Å². The summed E-state index contributed by atoms with van der Waals surface area (Å²) in [5.41, 5.74) is 1.70. The molecule has 0 amide bonds. The number of rotatable bonds is 4. The van der Waals surface area contributed by atoms with Crippen LogP contribution in [0, 0.1) is 5.82 Å². The van der Waals surface area contributed by atoms with Gasteiger partial charge in [-0.2, -0.15) is 5.10 Å². The van der Waals surface area contributed by atoms with Crippen molar-refractivity contribution in [3.8, 4) is 0 Å². The average molecular weight is 340 g/mol. The normalized spacial score (nSPS) is 11.8. The molecule has 0 fully saturated rings. The number of nitrogens with one attached hydrogen (secondary N) is 1. The van der Waals surface area contributed by atoms with Gasteiger partial charge in [-0.3, -0.25) is 4.68 Å². The Morgan fingerprint density at radius 3 is 2.75 bits per heavy atom. The number of halogens is 2. The minimum Gasteiger partial charge on any atom is -0.306 e. The largest absolute Gasteiger partial charge is 0.306 e. The summed E-state index contributed by atoms with van der Waals surface area (Å²) in [6, 6.07) is 6.91. The molecule has 2 aromatic rings. The summed E-state index contributed by atoms with van der Waals surface area (Å²) in [7, 11) is 0. The van der Waals surface area contributed by atoms with E-state index in [-0.39, 0.29) is 11.4 Å². The first-order chi connectivity index (χ1) is 9.35. The summed E-state index contributed by atoms with van der Waals surface area (Å²) in [5.74, 6) is -0.210. The van der Waals surface area contributed by atoms with E-state index in [4.69, 9.17) is 0 Å². The van der Waals surface area contributed by atoms with Gasteiger partial charge in [0, 0.05) is 28.3 Å². The fraction of sp³-hybridized carbons (Fsp3) is 0.400. The standard InChI is InChI=1S/C15H19BrFN3/c1-15(2,3)18-9-13-6-7-19-20(13)10-11-8-12(16)4-5-14(11)17/h4-8,18H,9-10H2,1-3H3. The van der Waals surface area contributed by atoms with Crippen molar-refractivity contribution >= 4 is 15.9 Å². The van der Waals surface area contributed by atoms with Gasteiger partial charge in [0.1, 0.15) is 5.82 Å². The second-order valence-corrected chi connectivity index (χ2v) is 6.74. The zero-order valence-corrected chi connectivity index (χ0v) is 13.5. The quantitative estimate of drug-likeness (QED) is 0.919. The highest BCUT2D eigenvalue weighted by Gasteiger charge is 2.12. The molecule has 1 aromatic carbocycles. The first-order valence-corrected chi connectivity index (χ1v) is 7.34. The zero-order chi connectivity index (χ0) is 14.8. The van der Waals surface area contributed by atoms with E-state index in [2.05, 4.69) is 47.1 Å². The van der Waals surface area contributed by atoms with Crippen LogP contribution in [0.25, 0.3) is 0 Å². The molecule has 0 radical (unpaired) electrons. The van der Waals surface area contributed by atoms with Gasteiger partial charge in [-0.15, -0.1) is 0 Å². The highest BCUT2D eigenvalue weighted by atomic mass is 79.9. The molecule has 0 atom stereocenters. The molecule has 0 saturated heterocycles. The van der Waals surface area contributed by atoms with Crippen LogP contribution < -0.4 is 5.32 Å². The Labute approximate surface area is 127 Å². The van der Waals surface area contributed by atoms with Crippen LogP contribution >= 0.6 is 15.9 Å². The molecule has 2 rings (SSSR count). The fourth-order valence-corrected chi connectivity index (χ4v) is 2.24. The maximum absolute atomic E-state index is 13.8. The average Bonchev–Trinajstić information content (AvgIpc) is 2.78. The molecule has 1 aromatic heterocycles. The monoisotopic (exact) mass is 339 g/mol. The number of hydrogen-bond donors (Lipinski definition) is 1. The van der Waals surface area contributed by atoms with Crippen molar-refractivity contribution in [2.45, 2.75) is 39.4 Å². The predicted octanol–water partition coefficient (Wildman–Crippen LogP) is 3.72. The van der Waals surface area contributed by atoms with Crippen molar-refractivity contribution in [3.63, 3.8) is 0 Å². The molecule has 0 unspecified atom stereocenters. The molecular weight excluding hydrogens is 321 g/mol. The van der Waals surface area contributed by atoms with Crippen molar-refractivity contribution < 1.29 is 4.39 Å². The number of benzene rings is 1. The van der Waals surface area contributed by atoms with Gasteiger partial charge in [0.2, 0.25) is 0 Å². The van der Waals surface area contributed by atoms with Crippen LogP contribution in [0.1, 0.15) is 32.0 Å². The lowest BCUT2D eigenvalue weighted by atomic mass is 10.1. The van der Waals surface area contributed by atoms with Gasteiger partial charge in [0.05, 0.1) is 12.2 Å². The van der Waals surface area contributed by atoms with Crippen LogP contribution in [-0.4, -0.2) is 15.3 Å². The highest BCUT2D eigenvalue weighted by Crippen LogP contribution is 2.17. The van der Waals surface area contributed by atoms with Crippen molar-refractivity contribution in [1.82, 2.24) is 15.1 Å². The minimum absolute atomic E-state index is 0.0378. The van der Waals surface area contributed by atoms with E-state index < -0.39 is 0 Å². The van der Waals surface area contributed by atoms with Gasteiger partial charge < -0.3 is 5.32 Å². The third-order valence-electron chi connectivity index (χ3n) is 2.93. The molecule has 20 heavy (non-hydrogen) atoms. The molecule has 0 aliphatic heterocycles. The number of nitrogens with zero attached hydrogens (tertiary/aromatic N) is 2. The molecule has 0 spiro atoms. The Morgan fingerprint density at radius 2 is 2.05 bits per heavy atom. The molecule has 0 saturated carbocycles. The Morgan fingerprint density at radius 1 is 1.30 bits per heavy atom. The molecule has 0 aliphatic carbocycles. The molecular formula is C15H19BrFN3. The van der Waals surface area contributed by atoms with E-state index in [0.717, 1.165) is 10.2 Å². The van der Waals surface area contributed by atoms with Crippen molar-refractivity contribution in [2.24, 2.45) is 0 Å². The molecule has 0 bridgehead atoms. The van der Waals surface area contributed by atoms with Gasteiger partial charge in [-0.1, -0.05) is 15.9 Å². The number of hydrogen-bond acceptors (Lipinski definition) is 2. The Kier molecular flexibility index (Phi) is 4.60. The summed E-state index contributed by atoms with van der Waals surface area (Å²) in [6.45, 7) is 7.48. The van der Waals surface area contributed by atoms with Crippen LogP contribution in [0.5, 0.6) is 0 Å². The van der Waals surface area contributed by atoms with Crippen molar-refractivity contribution in [1.29, 1.82) is 0 Å². The minimum atomic E-state index is -0.210. The van der Waals surface area contributed by atoms with Crippen LogP contribution in [0.15, 0.2) is 34.9 Å². The maximum Gasteiger partial charge on any atom is 0.128 e. The SMILES string of the molecule is CC(C)(C)NCc1ccnn1Cc1cc(Br)ccc1F. The summed E-state index contributed by atoms with van der Waals surface area (Å²) >= 11 is 3.37. The third-order valence-corrected chi connectivity index (χ3v) is 3.43. The molecule has 3 nitrogen and oxygen atoms in total. The predicted molar refractivity (Wildman–Crippen MR) is 82.0 cm³/mol. The molecule has 0 aliphatic rings.